The Balaban J connectivity index is 2.10. The lowest BCUT2D eigenvalue weighted by atomic mass is 9.77. The van der Waals surface area contributed by atoms with E-state index in [4.69, 9.17) is 4.74 Å². The topological polar surface area (TPSA) is 83.9 Å². The first-order valence-corrected chi connectivity index (χ1v) is 8.64. The molecular formula is C13H23NO5S. The molecule has 1 saturated carbocycles. The summed E-state index contributed by atoms with van der Waals surface area (Å²) in [6.45, 7) is 1.08. The normalized spacial score (nSPS) is 28.4. The maximum atomic E-state index is 12.3. The molecule has 1 aliphatic carbocycles. The molecule has 0 amide bonds. The zero-order valence-electron chi connectivity index (χ0n) is 11.9. The highest BCUT2D eigenvalue weighted by atomic mass is 32.2. The van der Waals surface area contributed by atoms with Crippen molar-refractivity contribution in [1.82, 2.24) is 4.31 Å². The van der Waals surface area contributed by atoms with Crippen LogP contribution in [0.25, 0.3) is 0 Å². The van der Waals surface area contributed by atoms with Gasteiger partial charge in [-0.3, -0.25) is 4.79 Å². The Morgan fingerprint density at radius 1 is 1.45 bits per heavy atom. The predicted molar refractivity (Wildman–Crippen MR) is 73.9 cm³/mol. The van der Waals surface area contributed by atoms with Crippen LogP contribution in [0, 0.1) is 5.41 Å². The molecule has 0 radical (unpaired) electrons. The van der Waals surface area contributed by atoms with E-state index in [1.54, 1.807) is 7.11 Å². The number of piperidine rings is 1. The van der Waals surface area contributed by atoms with E-state index in [1.165, 1.54) is 4.31 Å². The number of carboxylic acids is 1. The average molecular weight is 305 g/mol. The summed E-state index contributed by atoms with van der Waals surface area (Å²) < 4.78 is 31.0. The van der Waals surface area contributed by atoms with Crippen LogP contribution in [0.15, 0.2) is 0 Å². The molecule has 0 aromatic rings. The molecule has 0 aromatic heterocycles. The summed E-state index contributed by atoms with van der Waals surface area (Å²) in [5.74, 6) is -0.885. The molecule has 0 bridgehead atoms. The molecular weight excluding hydrogens is 282 g/mol. The number of ether oxygens (including phenoxy) is 1. The van der Waals surface area contributed by atoms with E-state index in [2.05, 4.69) is 0 Å². The van der Waals surface area contributed by atoms with Gasteiger partial charge in [-0.05, 0) is 38.5 Å². The van der Waals surface area contributed by atoms with Crippen molar-refractivity contribution in [2.45, 2.75) is 43.8 Å². The Kier molecular flexibility index (Phi) is 4.71. The second-order valence-corrected chi connectivity index (χ2v) is 8.08. The minimum atomic E-state index is -3.29. The van der Waals surface area contributed by atoms with E-state index in [0.717, 1.165) is 0 Å². The Labute approximate surface area is 120 Å². The van der Waals surface area contributed by atoms with E-state index in [-0.39, 0.29) is 11.8 Å². The number of hydrogen-bond donors (Lipinski definition) is 1. The van der Waals surface area contributed by atoms with Gasteiger partial charge in [-0.1, -0.05) is 0 Å². The van der Waals surface area contributed by atoms with Gasteiger partial charge in [-0.25, -0.2) is 12.7 Å². The molecule has 1 aliphatic heterocycles. The van der Waals surface area contributed by atoms with Crippen molar-refractivity contribution in [3.8, 4) is 0 Å². The third-order valence-corrected chi connectivity index (χ3v) is 6.65. The van der Waals surface area contributed by atoms with Gasteiger partial charge in [-0.15, -0.1) is 0 Å². The van der Waals surface area contributed by atoms with Crippen LogP contribution in [0.1, 0.15) is 38.5 Å². The summed E-state index contributed by atoms with van der Waals surface area (Å²) in [7, 11) is -1.70. The van der Waals surface area contributed by atoms with Crippen molar-refractivity contribution in [3.63, 3.8) is 0 Å². The van der Waals surface area contributed by atoms with E-state index in [1.807, 2.05) is 0 Å². The summed E-state index contributed by atoms with van der Waals surface area (Å²) in [5.41, 5.74) is -0.946. The van der Waals surface area contributed by atoms with E-state index < -0.39 is 21.4 Å². The standard InChI is InChI=1S/C13H23NO5S/c1-19-9-3-7-13(12(15)16)6-2-8-14(10-13)20(17,18)11-4-5-11/h11H,2-10H2,1H3,(H,15,16)/t13-/m1/s1. The number of rotatable bonds is 7. The van der Waals surface area contributed by atoms with Crippen molar-refractivity contribution < 1.29 is 23.1 Å². The third-order valence-electron chi connectivity index (χ3n) is 4.30. The predicted octanol–water partition coefficient (Wildman–Crippen LogP) is 1.07. The summed E-state index contributed by atoms with van der Waals surface area (Å²) in [6, 6.07) is 0. The Hall–Kier alpha value is -0.660. The molecule has 1 heterocycles. The van der Waals surface area contributed by atoms with Gasteiger partial charge in [0.1, 0.15) is 0 Å². The van der Waals surface area contributed by atoms with Crippen molar-refractivity contribution in [1.29, 1.82) is 0 Å². The van der Waals surface area contributed by atoms with Gasteiger partial charge in [0.25, 0.3) is 0 Å². The Bertz CT molecular complexity index is 459. The summed E-state index contributed by atoms with van der Waals surface area (Å²) in [6.07, 6.45) is 3.69. The molecule has 2 rings (SSSR count). The molecule has 1 saturated heterocycles. The monoisotopic (exact) mass is 305 g/mol. The fourth-order valence-electron chi connectivity index (χ4n) is 2.92. The SMILES string of the molecule is COCCC[C@]1(C(=O)O)CCCN(S(=O)(=O)C2CC2)C1. The van der Waals surface area contributed by atoms with Crippen molar-refractivity contribution in [2.75, 3.05) is 26.8 Å². The number of carboxylic acid groups (broad SMARTS) is 1. The molecule has 2 fully saturated rings. The van der Waals surface area contributed by atoms with Crippen LogP contribution in [0.5, 0.6) is 0 Å². The molecule has 0 aromatic carbocycles. The fourth-order valence-corrected chi connectivity index (χ4v) is 4.89. The van der Waals surface area contributed by atoms with Gasteiger partial charge in [0, 0.05) is 26.8 Å². The van der Waals surface area contributed by atoms with Crippen LogP contribution in [0.3, 0.4) is 0 Å². The Morgan fingerprint density at radius 3 is 2.70 bits per heavy atom. The minimum absolute atomic E-state index is 0.116. The summed E-state index contributed by atoms with van der Waals surface area (Å²) >= 11 is 0. The van der Waals surface area contributed by atoms with Crippen LogP contribution >= 0.6 is 0 Å². The van der Waals surface area contributed by atoms with Crippen molar-refractivity contribution >= 4 is 16.0 Å². The zero-order chi connectivity index (χ0) is 14.8. The van der Waals surface area contributed by atoms with E-state index in [9.17, 15) is 18.3 Å². The fraction of sp³-hybridized carbons (Fsp3) is 0.923. The first kappa shape index (κ1) is 15.7. The van der Waals surface area contributed by atoms with Gasteiger partial charge in [-0.2, -0.15) is 0 Å². The lowest BCUT2D eigenvalue weighted by molar-refractivity contribution is -0.152. The summed E-state index contributed by atoms with van der Waals surface area (Å²) in [5, 5.41) is 9.29. The van der Waals surface area contributed by atoms with Crippen LogP contribution < -0.4 is 0 Å². The smallest absolute Gasteiger partial charge is 0.310 e. The molecule has 1 atom stereocenters. The number of hydrogen-bond acceptors (Lipinski definition) is 4. The second kappa shape index (κ2) is 5.99. The van der Waals surface area contributed by atoms with Crippen LogP contribution in [0.4, 0.5) is 0 Å². The molecule has 116 valence electrons. The van der Waals surface area contributed by atoms with Crippen molar-refractivity contribution in [3.05, 3.63) is 0 Å². The van der Waals surface area contributed by atoms with Gasteiger partial charge in [0.05, 0.1) is 10.7 Å². The Morgan fingerprint density at radius 2 is 2.15 bits per heavy atom. The number of carbonyl (C=O) groups is 1. The zero-order valence-corrected chi connectivity index (χ0v) is 12.7. The van der Waals surface area contributed by atoms with E-state index >= 15 is 0 Å². The highest BCUT2D eigenvalue weighted by Crippen LogP contribution is 2.39. The third kappa shape index (κ3) is 3.15. The number of sulfonamides is 1. The van der Waals surface area contributed by atoms with Gasteiger partial charge < -0.3 is 9.84 Å². The van der Waals surface area contributed by atoms with Gasteiger partial charge in [0.15, 0.2) is 0 Å². The first-order chi connectivity index (χ1) is 9.42. The highest BCUT2D eigenvalue weighted by Gasteiger charge is 2.48. The lowest BCUT2D eigenvalue weighted by Gasteiger charge is -2.39. The molecule has 2 aliphatic rings. The quantitative estimate of drug-likeness (QED) is 0.711. The average Bonchev–Trinajstić information content (AvgIpc) is 3.24. The molecule has 7 heteroatoms. The van der Waals surface area contributed by atoms with E-state index in [0.29, 0.717) is 51.7 Å². The summed E-state index contributed by atoms with van der Waals surface area (Å²) in [4.78, 5) is 11.7. The lowest BCUT2D eigenvalue weighted by Crippen LogP contribution is -2.50. The molecule has 6 nitrogen and oxygen atoms in total. The van der Waals surface area contributed by atoms with Crippen LogP contribution in [-0.2, 0) is 19.6 Å². The number of aliphatic carboxylic acids is 1. The van der Waals surface area contributed by atoms with Gasteiger partial charge >= 0.3 is 5.97 Å². The van der Waals surface area contributed by atoms with Crippen LogP contribution in [-0.4, -0.2) is 55.9 Å². The second-order valence-electron chi connectivity index (χ2n) is 5.86. The number of nitrogens with zero attached hydrogens (tertiary/aromatic N) is 1. The molecule has 1 N–H and O–H groups in total. The van der Waals surface area contributed by atoms with Gasteiger partial charge in [0.2, 0.25) is 10.0 Å². The molecule has 20 heavy (non-hydrogen) atoms. The molecule has 0 unspecified atom stereocenters. The molecule has 0 spiro atoms. The van der Waals surface area contributed by atoms with Crippen molar-refractivity contribution in [2.24, 2.45) is 5.41 Å². The number of methoxy groups -OCH3 is 1. The van der Waals surface area contributed by atoms with Crippen LogP contribution in [0.2, 0.25) is 0 Å². The highest BCUT2D eigenvalue weighted by molar-refractivity contribution is 7.90. The maximum Gasteiger partial charge on any atom is 0.310 e. The maximum absolute atomic E-state index is 12.3. The minimum Gasteiger partial charge on any atom is -0.481 e. The largest absolute Gasteiger partial charge is 0.481 e. The first-order valence-electron chi connectivity index (χ1n) is 7.14.